The van der Waals surface area contributed by atoms with Gasteiger partial charge in [0, 0.05) is 30.1 Å². The number of aromatic nitrogens is 1. The van der Waals surface area contributed by atoms with E-state index in [1.807, 2.05) is 18.2 Å². The van der Waals surface area contributed by atoms with Crippen LogP contribution in [0.4, 0.5) is 0 Å². The number of carbonyl (C=O) groups excluding carboxylic acids is 1. The lowest BCUT2D eigenvalue weighted by molar-refractivity contribution is -0.123. The van der Waals surface area contributed by atoms with Gasteiger partial charge in [-0.15, -0.1) is 0 Å². The van der Waals surface area contributed by atoms with E-state index < -0.39 is 0 Å². The topological polar surface area (TPSA) is 30.0 Å². The smallest absolute Gasteiger partial charge is 0.136 e. The van der Waals surface area contributed by atoms with Crippen molar-refractivity contribution in [2.75, 3.05) is 0 Å². The van der Waals surface area contributed by atoms with E-state index in [0.717, 1.165) is 18.5 Å². The van der Waals surface area contributed by atoms with Gasteiger partial charge in [-0.2, -0.15) is 0 Å². The summed E-state index contributed by atoms with van der Waals surface area (Å²) in [6.45, 7) is 2.09. The number of nitrogens with zero attached hydrogens (tertiary/aromatic N) is 1. The molecule has 0 bridgehead atoms. The van der Waals surface area contributed by atoms with Crippen LogP contribution in [0, 0.1) is 5.92 Å². The summed E-state index contributed by atoms with van der Waals surface area (Å²) in [5, 5.41) is 0. The summed E-state index contributed by atoms with van der Waals surface area (Å²) in [5.41, 5.74) is 1.04. The molecule has 1 aromatic heterocycles. The Bertz CT molecular complexity index is 341. The molecule has 2 heteroatoms. The molecule has 86 valence electrons. The van der Waals surface area contributed by atoms with Crippen LogP contribution in [0.5, 0.6) is 0 Å². The molecule has 1 aliphatic carbocycles. The van der Waals surface area contributed by atoms with Gasteiger partial charge >= 0.3 is 0 Å². The Balaban J connectivity index is 1.92. The molecule has 16 heavy (non-hydrogen) atoms. The zero-order valence-corrected chi connectivity index (χ0v) is 9.86. The van der Waals surface area contributed by atoms with Gasteiger partial charge in [0.1, 0.15) is 5.78 Å². The van der Waals surface area contributed by atoms with Crippen LogP contribution in [0.1, 0.15) is 50.6 Å². The third kappa shape index (κ3) is 2.69. The van der Waals surface area contributed by atoms with E-state index in [4.69, 9.17) is 0 Å². The number of rotatable bonds is 4. The highest BCUT2D eigenvalue weighted by Gasteiger charge is 2.24. The van der Waals surface area contributed by atoms with E-state index in [-0.39, 0.29) is 5.92 Å². The van der Waals surface area contributed by atoms with Gasteiger partial charge in [0.05, 0.1) is 0 Å². The van der Waals surface area contributed by atoms with E-state index in [1.165, 1.54) is 12.8 Å². The van der Waals surface area contributed by atoms with Crippen molar-refractivity contribution in [3.8, 4) is 0 Å². The van der Waals surface area contributed by atoms with Crippen LogP contribution in [0.2, 0.25) is 0 Å². The maximum atomic E-state index is 12.0. The van der Waals surface area contributed by atoms with E-state index in [9.17, 15) is 4.79 Å². The van der Waals surface area contributed by atoms with E-state index in [1.54, 1.807) is 6.20 Å². The van der Waals surface area contributed by atoms with E-state index in [2.05, 4.69) is 11.9 Å². The molecule has 1 atom stereocenters. The van der Waals surface area contributed by atoms with Crippen molar-refractivity contribution in [1.29, 1.82) is 0 Å². The molecular formula is C14H19NO. The highest BCUT2D eigenvalue weighted by atomic mass is 16.1. The molecule has 1 unspecified atom stereocenters. The largest absolute Gasteiger partial charge is 0.299 e. The van der Waals surface area contributed by atoms with Crippen LogP contribution < -0.4 is 0 Å². The molecule has 0 amide bonds. The molecule has 1 heterocycles. The van der Waals surface area contributed by atoms with Crippen LogP contribution in [-0.4, -0.2) is 10.8 Å². The summed E-state index contributed by atoms with van der Waals surface area (Å²) in [5.74, 6) is 1.04. The molecule has 0 radical (unpaired) electrons. The first kappa shape index (κ1) is 11.3. The first-order valence-electron chi connectivity index (χ1n) is 6.21. The third-order valence-corrected chi connectivity index (χ3v) is 3.51. The number of ketones is 1. The number of pyridine rings is 1. The fourth-order valence-electron chi connectivity index (χ4n) is 2.49. The van der Waals surface area contributed by atoms with Crippen molar-refractivity contribution in [3.63, 3.8) is 0 Å². The zero-order valence-electron chi connectivity index (χ0n) is 9.86. The minimum absolute atomic E-state index is 0.259. The lowest BCUT2D eigenvalue weighted by atomic mass is 9.92. The van der Waals surface area contributed by atoms with Gasteiger partial charge in [0.15, 0.2) is 0 Å². The Hall–Kier alpha value is -1.18. The zero-order chi connectivity index (χ0) is 11.4. The molecule has 0 N–H and O–H groups in total. The molecule has 1 aromatic rings. The molecule has 1 fully saturated rings. The quantitative estimate of drug-likeness (QED) is 0.774. The lowest BCUT2D eigenvalue weighted by Gasteiger charge is -2.13. The summed E-state index contributed by atoms with van der Waals surface area (Å²) in [6.07, 6.45) is 7.12. The number of hydrogen-bond acceptors (Lipinski definition) is 2. The van der Waals surface area contributed by atoms with Crippen molar-refractivity contribution in [3.05, 3.63) is 30.1 Å². The fourth-order valence-corrected chi connectivity index (χ4v) is 2.49. The summed E-state index contributed by atoms with van der Waals surface area (Å²) in [4.78, 5) is 16.3. The maximum Gasteiger partial charge on any atom is 0.136 e. The SMILES string of the molecule is CC(CC(=O)C1CCCC1)c1ccccn1. The molecule has 0 aromatic carbocycles. The summed E-state index contributed by atoms with van der Waals surface area (Å²) < 4.78 is 0. The first-order chi connectivity index (χ1) is 7.77. The van der Waals surface area contributed by atoms with Crippen molar-refractivity contribution >= 4 is 5.78 Å². The molecule has 1 saturated carbocycles. The Morgan fingerprint density at radius 1 is 1.44 bits per heavy atom. The summed E-state index contributed by atoms with van der Waals surface area (Å²) >= 11 is 0. The Morgan fingerprint density at radius 2 is 2.19 bits per heavy atom. The molecule has 2 nitrogen and oxygen atoms in total. The predicted octanol–water partition coefficient (Wildman–Crippen LogP) is 3.33. The number of Topliss-reactive ketones (excluding diaryl/α,β-unsaturated/α-hetero) is 1. The minimum atomic E-state index is 0.259. The minimum Gasteiger partial charge on any atom is -0.299 e. The van der Waals surface area contributed by atoms with Crippen LogP contribution in [0.15, 0.2) is 24.4 Å². The van der Waals surface area contributed by atoms with Crippen LogP contribution in [-0.2, 0) is 4.79 Å². The average Bonchev–Trinajstić information content (AvgIpc) is 2.83. The second-order valence-electron chi connectivity index (χ2n) is 4.81. The van der Waals surface area contributed by atoms with Gasteiger partial charge in [0.2, 0.25) is 0 Å². The molecule has 0 saturated heterocycles. The second-order valence-corrected chi connectivity index (χ2v) is 4.81. The third-order valence-electron chi connectivity index (χ3n) is 3.51. The Kier molecular flexibility index (Phi) is 3.70. The van der Waals surface area contributed by atoms with Crippen molar-refractivity contribution < 1.29 is 4.79 Å². The van der Waals surface area contributed by atoms with E-state index in [0.29, 0.717) is 18.1 Å². The Morgan fingerprint density at radius 3 is 2.81 bits per heavy atom. The summed E-state index contributed by atoms with van der Waals surface area (Å²) in [7, 11) is 0. The molecule has 1 aliphatic rings. The highest BCUT2D eigenvalue weighted by molar-refractivity contribution is 5.81. The van der Waals surface area contributed by atoms with Gasteiger partial charge in [0.25, 0.3) is 0 Å². The van der Waals surface area contributed by atoms with E-state index >= 15 is 0 Å². The van der Waals surface area contributed by atoms with Gasteiger partial charge in [-0.25, -0.2) is 0 Å². The maximum absolute atomic E-state index is 12.0. The normalized spacial score (nSPS) is 18.6. The van der Waals surface area contributed by atoms with Gasteiger partial charge in [-0.1, -0.05) is 25.8 Å². The molecule has 0 aliphatic heterocycles. The monoisotopic (exact) mass is 217 g/mol. The second kappa shape index (κ2) is 5.24. The summed E-state index contributed by atoms with van der Waals surface area (Å²) in [6, 6.07) is 5.90. The molecule has 2 rings (SSSR count). The van der Waals surface area contributed by atoms with Crippen LogP contribution >= 0.6 is 0 Å². The highest BCUT2D eigenvalue weighted by Crippen LogP contribution is 2.29. The van der Waals surface area contributed by atoms with Crippen molar-refractivity contribution in [2.24, 2.45) is 5.92 Å². The van der Waals surface area contributed by atoms with Crippen molar-refractivity contribution in [2.45, 2.75) is 44.9 Å². The lowest BCUT2D eigenvalue weighted by Crippen LogP contribution is -2.14. The van der Waals surface area contributed by atoms with Crippen LogP contribution in [0.3, 0.4) is 0 Å². The molecular weight excluding hydrogens is 198 g/mol. The predicted molar refractivity (Wildman–Crippen MR) is 64.2 cm³/mol. The van der Waals surface area contributed by atoms with Gasteiger partial charge in [-0.3, -0.25) is 9.78 Å². The number of carbonyl (C=O) groups is 1. The number of hydrogen-bond donors (Lipinski definition) is 0. The average molecular weight is 217 g/mol. The first-order valence-corrected chi connectivity index (χ1v) is 6.21. The Labute approximate surface area is 97.1 Å². The van der Waals surface area contributed by atoms with Gasteiger partial charge < -0.3 is 0 Å². The van der Waals surface area contributed by atoms with Gasteiger partial charge in [-0.05, 0) is 25.0 Å². The van der Waals surface area contributed by atoms with Crippen molar-refractivity contribution in [1.82, 2.24) is 4.98 Å². The standard InChI is InChI=1S/C14H19NO/c1-11(13-8-4-5-9-15-13)10-14(16)12-6-2-3-7-12/h4-5,8-9,11-12H,2-3,6-7,10H2,1H3. The fraction of sp³-hybridized carbons (Fsp3) is 0.571. The molecule has 0 spiro atoms. The van der Waals surface area contributed by atoms with Crippen LogP contribution in [0.25, 0.3) is 0 Å².